The summed E-state index contributed by atoms with van der Waals surface area (Å²) in [6, 6.07) is 14.8. The Balaban J connectivity index is 1.94. The Kier molecular flexibility index (Phi) is 5.86. The lowest BCUT2D eigenvalue weighted by Crippen LogP contribution is -2.22. The number of carbonyl (C=O) groups is 1. The molecule has 0 aliphatic carbocycles. The Morgan fingerprint density at radius 1 is 1.13 bits per heavy atom. The molecular weight excluding hydrogens is 292 g/mol. The van der Waals surface area contributed by atoms with Crippen LogP contribution in [0.2, 0.25) is 0 Å². The standard InChI is InChI=1S/C18H22N2O3/c1-13(2)23-17-10-5-4-9-16(17)20-18(21)12-19-14-7-6-8-15(11-14)22-3/h4-11,13,19H,12H2,1-3H3,(H,20,21). The third kappa shape index (κ3) is 5.21. The largest absolute Gasteiger partial charge is 0.497 e. The Labute approximate surface area is 136 Å². The van der Waals surface area contributed by atoms with Gasteiger partial charge in [0, 0.05) is 11.8 Å². The first-order valence-electron chi connectivity index (χ1n) is 7.52. The SMILES string of the molecule is COc1cccc(NCC(=O)Nc2ccccc2OC(C)C)c1. The van der Waals surface area contributed by atoms with Gasteiger partial charge in [-0.2, -0.15) is 0 Å². The lowest BCUT2D eigenvalue weighted by atomic mass is 10.2. The molecule has 1 amide bonds. The molecule has 0 saturated heterocycles. The van der Waals surface area contributed by atoms with Crippen molar-refractivity contribution in [1.29, 1.82) is 0 Å². The minimum absolute atomic E-state index is 0.0444. The van der Waals surface area contributed by atoms with Gasteiger partial charge in [0.1, 0.15) is 11.5 Å². The molecule has 0 fully saturated rings. The van der Waals surface area contributed by atoms with E-state index in [1.165, 1.54) is 0 Å². The average molecular weight is 314 g/mol. The molecule has 5 nitrogen and oxygen atoms in total. The van der Waals surface area contributed by atoms with Crippen molar-refractivity contribution in [1.82, 2.24) is 0 Å². The molecule has 5 heteroatoms. The molecule has 2 N–H and O–H groups in total. The molecule has 23 heavy (non-hydrogen) atoms. The van der Waals surface area contributed by atoms with E-state index in [9.17, 15) is 4.79 Å². The van der Waals surface area contributed by atoms with E-state index in [0.717, 1.165) is 11.4 Å². The first-order chi connectivity index (χ1) is 11.1. The van der Waals surface area contributed by atoms with Crippen LogP contribution in [0.4, 0.5) is 11.4 Å². The maximum atomic E-state index is 12.1. The Hall–Kier alpha value is -2.69. The molecule has 0 unspecified atom stereocenters. The molecule has 0 aromatic heterocycles. The molecule has 2 rings (SSSR count). The fraction of sp³-hybridized carbons (Fsp3) is 0.278. The molecule has 2 aromatic carbocycles. The van der Waals surface area contributed by atoms with E-state index >= 15 is 0 Å². The highest BCUT2D eigenvalue weighted by molar-refractivity contribution is 5.95. The number of hydrogen-bond donors (Lipinski definition) is 2. The van der Waals surface area contributed by atoms with Gasteiger partial charge < -0.3 is 20.1 Å². The summed E-state index contributed by atoms with van der Waals surface area (Å²) in [4.78, 5) is 12.1. The van der Waals surface area contributed by atoms with Gasteiger partial charge in [-0.1, -0.05) is 18.2 Å². The number of amides is 1. The topological polar surface area (TPSA) is 59.6 Å². The Morgan fingerprint density at radius 2 is 1.91 bits per heavy atom. The monoisotopic (exact) mass is 314 g/mol. The number of anilines is 2. The minimum atomic E-state index is -0.146. The maximum absolute atomic E-state index is 12.1. The van der Waals surface area contributed by atoms with Gasteiger partial charge >= 0.3 is 0 Å². The number of methoxy groups -OCH3 is 1. The zero-order chi connectivity index (χ0) is 16.7. The highest BCUT2D eigenvalue weighted by atomic mass is 16.5. The van der Waals surface area contributed by atoms with E-state index < -0.39 is 0 Å². The third-order valence-electron chi connectivity index (χ3n) is 3.05. The maximum Gasteiger partial charge on any atom is 0.243 e. The highest BCUT2D eigenvalue weighted by Crippen LogP contribution is 2.24. The summed E-state index contributed by atoms with van der Waals surface area (Å²) in [6.07, 6.45) is 0.0444. The quantitative estimate of drug-likeness (QED) is 0.821. The number of rotatable bonds is 7. The average Bonchev–Trinajstić information content (AvgIpc) is 2.54. The van der Waals surface area contributed by atoms with Crippen molar-refractivity contribution >= 4 is 17.3 Å². The highest BCUT2D eigenvalue weighted by Gasteiger charge is 2.08. The van der Waals surface area contributed by atoms with Gasteiger partial charge in [0.15, 0.2) is 0 Å². The molecule has 0 saturated carbocycles. The van der Waals surface area contributed by atoms with Crippen LogP contribution in [0.25, 0.3) is 0 Å². The first kappa shape index (κ1) is 16.7. The zero-order valence-electron chi connectivity index (χ0n) is 13.6. The summed E-state index contributed by atoms with van der Waals surface area (Å²) in [6.45, 7) is 4.05. The summed E-state index contributed by atoms with van der Waals surface area (Å²) >= 11 is 0. The molecule has 0 heterocycles. The van der Waals surface area contributed by atoms with Gasteiger partial charge in [0.25, 0.3) is 0 Å². The number of carbonyl (C=O) groups excluding carboxylic acids is 1. The van der Waals surface area contributed by atoms with Gasteiger partial charge in [-0.3, -0.25) is 4.79 Å². The van der Waals surface area contributed by atoms with Crippen molar-refractivity contribution in [3.05, 3.63) is 48.5 Å². The fourth-order valence-electron chi connectivity index (χ4n) is 2.04. The second-order valence-electron chi connectivity index (χ2n) is 5.30. The Bertz CT molecular complexity index is 656. The fourth-order valence-corrected chi connectivity index (χ4v) is 2.04. The first-order valence-corrected chi connectivity index (χ1v) is 7.52. The van der Waals surface area contributed by atoms with Crippen LogP contribution >= 0.6 is 0 Å². The lowest BCUT2D eigenvalue weighted by molar-refractivity contribution is -0.114. The number of hydrogen-bond acceptors (Lipinski definition) is 4. The summed E-state index contributed by atoms with van der Waals surface area (Å²) in [5.41, 5.74) is 1.49. The molecule has 0 aliphatic heterocycles. The minimum Gasteiger partial charge on any atom is -0.497 e. The van der Waals surface area contributed by atoms with Gasteiger partial charge in [0.05, 0.1) is 25.4 Å². The van der Waals surface area contributed by atoms with E-state index in [-0.39, 0.29) is 18.6 Å². The smallest absolute Gasteiger partial charge is 0.243 e. The molecule has 0 bridgehead atoms. The number of nitrogens with one attached hydrogen (secondary N) is 2. The van der Waals surface area contributed by atoms with Crippen LogP contribution in [0, 0.1) is 0 Å². The van der Waals surface area contributed by atoms with Crippen molar-refractivity contribution in [2.24, 2.45) is 0 Å². The van der Waals surface area contributed by atoms with Gasteiger partial charge in [-0.25, -0.2) is 0 Å². The molecule has 0 aliphatic rings. The zero-order valence-corrected chi connectivity index (χ0v) is 13.6. The summed E-state index contributed by atoms with van der Waals surface area (Å²) < 4.78 is 10.8. The van der Waals surface area contributed by atoms with Crippen molar-refractivity contribution < 1.29 is 14.3 Å². The molecule has 122 valence electrons. The lowest BCUT2D eigenvalue weighted by Gasteiger charge is -2.15. The number of ether oxygens (including phenoxy) is 2. The van der Waals surface area contributed by atoms with E-state index in [1.54, 1.807) is 7.11 Å². The number of para-hydroxylation sites is 2. The molecule has 0 radical (unpaired) electrons. The second kappa shape index (κ2) is 8.08. The van der Waals surface area contributed by atoms with Crippen LogP contribution < -0.4 is 20.1 Å². The molecule has 0 atom stereocenters. The van der Waals surface area contributed by atoms with Crippen LogP contribution in [-0.4, -0.2) is 25.7 Å². The molecule has 2 aromatic rings. The van der Waals surface area contributed by atoms with Crippen LogP contribution in [-0.2, 0) is 4.79 Å². The van der Waals surface area contributed by atoms with Gasteiger partial charge in [-0.05, 0) is 38.1 Å². The van der Waals surface area contributed by atoms with Crippen LogP contribution in [0.15, 0.2) is 48.5 Å². The predicted molar refractivity (Wildman–Crippen MR) is 92.3 cm³/mol. The van der Waals surface area contributed by atoms with Crippen molar-refractivity contribution in [3.63, 3.8) is 0 Å². The third-order valence-corrected chi connectivity index (χ3v) is 3.05. The predicted octanol–water partition coefficient (Wildman–Crippen LogP) is 3.53. The van der Waals surface area contributed by atoms with Crippen LogP contribution in [0.3, 0.4) is 0 Å². The van der Waals surface area contributed by atoms with E-state index in [1.807, 2.05) is 62.4 Å². The molecule has 0 spiro atoms. The Morgan fingerprint density at radius 3 is 2.65 bits per heavy atom. The summed E-state index contributed by atoms with van der Waals surface area (Å²) in [5.74, 6) is 1.26. The molecular formula is C18H22N2O3. The van der Waals surface area contributed by atoms with Crippen molar-refractivity contribution in [3.8, 4) is 11.5 Å². The normalized spacial score (nSPS) is 10.3. The van der Waals surface area contributed by atoms with Crippen molar-refractivity contribution in [2.75, 3.05) is 24.3 Å². The van der Waals surface area contributed by atoms with Crippen LogP contribution in [0.5, 0.6) is 11.5 Å². The number of benzene rings is 2. The van der Waals surface area contributed by atoms with Crippen molar-refractivity contribution in [2.45, 2.75) is 20.0 Å². The van der Waals surface area contributed by atoms with Gasteiger partial charge in [-0.15, -0.1) is 0 Å². The van der Waals surface area contributed by atoms with E-state index in [4.69, 9.17) is 9.47 Å². The van der Waals surface area contributed by atoms with Gasteiger partial charge in [0.2, 0.25) is 5.91 Å². The second-order valence-corrected chi connectivity index (χ2v) is 5.30. The van der Waals surface area contributed by atoms with E-state index in [2.05, 4.69) is 10.6 Å². The van der Waals surface area contributed by atoms with E-state index in [0.29, 0.717) is 11.4 Å². The summed E-state index contributed by atoms with van der Waals surface area (Å²) in [7, 11) is 1.61. The summed E-state index contributed by atoms with van der Waals surface area (Å²) in [5, 5.41) is 5.92. The van der Waals surface area contributed by atoms with Crippen LogP contribution in [0.1, 0.15) is 13.8 Å².